The van der Waals surface area contributed by atoms with Crippen LogP contribution >= 0.6 is 68.8 Å². The molecule has 15 rings (SSSR count). The van der Waals surface area contributed by atoms with Crippen molar-refractivity contribution in [3.05, 3.63) is 222 Å². The number of nitrogens with two attached hydrogens (primary N) is 3. The Bertz CT molecular complexity index is 5550. The predicted molar refractivity (Wildman–Crippen MR) is 435 cm³/mol. The van der Waals surface area contributed by atoms with Crippen molar-refractivity contribution in [2.45, 2.75) is 126 Å². The van der Waals surface area contributed by atoms with Crippen molar-refractivity contribution in [2.75, 3.05) is 62.6 Å². The molecule has 614 valence electrons. The van der Waals surface area contributed by atoms with Crippen LogP contribution in [0.5, 0.6) is 0 Å². The zero-order valence-corrected chi connectivity index (χ0v) is 69.3. The topological polar surface area (TPSA) is 479 Å². The maximum absolute atomic E-state index is 13.7. The molecule has 3 aliphatic carbocycles. The van der Waals surface area contributed by atoms with Crippen LogP contribution in [0.3, 0.4) is 0 Å². The van der Waals surface area contributed by atoms with Gasteiger partial charge in [0.05, 0.1) is 98.1 Å². The summed E-state index contributed by atoms with van der Waals surface area (Å²) < 4.78 is 93.5. The van der Waals surface area contributed by atoms with Gasteiger partial charge < -0.3 is 40.7 Å². The van der Waals surface area contributed by atoms with Crippen molar-refractivity contribution < 1.29 is 77.0 Å². The van der Waals surface area contributed by atoms with E-state index in [9.17, 15) is 60.2 Å². The molecule has 12 N–H and O–H groups in total. The average Bonchev–Trinajstić information content (AvgIpc) is 1.56. The summed E-state index contributed by atoms with van der Waals surface area (Å²) in [5, 5.41) is 68.0. The lowest BCUT2D eigenvalue weighted by atomic mass is 9.89. The van der Waals surface area contributed by atoms with Gasteiger partial charge in [0.1, 0.15) is 48.6 Å². The number of likely N-dealkylation sites (N-methyl/N-ethyl adjacent to an activating group) is 1. The fourth-order valence-corrected chi connectivity index (χ4v) is 20.1. The minimum Gasteiger partial charge on any atom is -0.393 e. The van der Waals surface area contributed by atoms with Gasteiger partial charge in [-0.2, -0.15) is 30.5 Å². The van der Waals surface area contributed by atoms with Gasteiger partial charge in [0.15, 0.2) is 0 Å². The molecule has 3 unspecified atom stereocenters. The van der Waals surface area contributed by atoms with Gasteiger partial charge in [0.2, 0.25) is 17.3 Å². The van der Waals surface area contributed by atoms with Gasteiger partial charge in [-0.1, -0.05) is 53.0 Å². The molecule has 3 aliphatic heterocycles. The smallest absolute Gasteiger partial charge is 0.333 e. The number of carbonyl (C=O) groups is 3. The second kappa shape index (κ2) is 37.2. The number of nitrogens with one attached hydrogen (secondary N) is 3. The largest absolute Gasteiger partial charge is 0.393 e. The van der Waals surface area contributed by atoms with Crippen LogP contribution in [0.25, 0.3) is 0 Å². The van der Waals surface area contributed by atoms with E-state index in [2.05, 4.69) is 69.4 Å². The molecule has 6 aromatic heterocycles. The number of carbonyl (C=O) groups excluding carboxylic acids is 3. The van der Waals surface area contributed by atoms with E-state index in [0.717, 1.165) is 76.0 Å². The molecular weight excluding hydrogens is 1680 g/mol. The van der Waals surface area contributed by atoms with Crippen molar-refractivity contribution in [3.8, 4) is 6.07 Å². The van der Waals surface area contributed by atoms with Crippen LogP contribution in [-0.2, 0) is 72.2 Å². The number of fused-ring (bicyclic) bond motifs is 3. The van der Waals surface area contributed by atoms with E-state index in [1.165, 1.54) is 82.7 Å². The number of aliphatic hydroxyl groups is 3. The number of benzene rings is 3. The molecule has 116 heavy (non-hydrogen) atoms. The van der Waals surface area contributed by atoms with Gasteiger partial charge in [-0.15, -0.1) is 34.0 Å². The van der Waals surface area contributed by atoms with E-state index >= 15 is 0 Å². The third kappa shape index (κ3) is 21.2. The second-order valence-electron chi connectivity index (χ2n) is 29.0. The molecule has 9 heterocycles. The highest BCUT2D eigenvalue weighted by molar-refractivity contribution is 7.84. The number of aryl methyl sites for hydroxylation is 2. The van der Waals surface area contributed by atoms with E-state index in [1.54, 1.807) is 6.07 Å². The van der Waals surface area contributed by atoms with Crippen LogP contribution in [0.4, 0.5) is 17.5 Å². The number of ketones is 3. The Labute approximate surface area is 696 Å². The monoisotopic (exact) mass is 1760 g/mol. The molecule has 31 nitrogen and oxygen atoms in total. The number of hydrogen-bond donors (Lipinski definition) is 9. The Morgan fingerprint density at radius 1 is 0.560 bits per heavy atom. The summed E-state index contributed by atoms with van der Waals surface area (Å²) in [7, 11) is -10.3. The third-order valence-electron chi connectivity index (χ3n) is 21.1. The molecular formula is C76H81Cl3N14O17S6. The highest BCUT2D eigenvalue weighted by Crippen LogP contribution is 2.45. The minimum absolute atomic E-state index is 0.140. The first-order valence-electron chi connectivity index (χ1n) is 36.7. The Balaban J connectivity index is 0.000000151. The number of nitrogens with zero attached hydrogens (tertiary/aromatic N) is 8. The third-order valence-corrected chi connectivity index (χ3v) is 26.4. The summed E-state index contributed by atoms with van der Waals surface area (Å²) in [4.78, 5) is 70.4. The normalized spacial score (nSPS) is 23.3. The maximum atomic E-state index is 13.7. The number of nitriles is 1. The Hall–Kier alpha value is -7.86. The fourth-order valence-electron chi connectivity index (χ4n) is 15.5. The lowest BCUT2D eigenvalue weighted by Crippen LogP contribution is -2.32. The summed E-state index contributed by atoms with van der Waals surface area (Å²) in [5.74, 6) is -1.11. The fraction of sp³-hybridized carbons (Fsp3) is 0.395. The summed E-state index contributed by atoms with van der Waals surface area (Å²) in [6.45, 7) is 3.25. The van der Waals surface area contributed by atoms with Crippen LogP contribution in [0, 0.1) is 36.0 Å². The van der Waals surface area contributed by atoms with Crippen molar-refractivity contribution >= 4 is 135 Å². The van der Waals surface area contributed by atoms with Crippen LogP contribution in [0.1, 0.15) is 169 Å². The van der Waals surface area contributed by atoms with Crippen molar-refractivity contribution in [1.82, 2.24) is 34.8 Å². The molecule has 0 radical (unpaired) electrons. The standard InChI is InChI=1S/C26H27N5O6S2.C25H27Cl2N5O5S2.C25H27ClN4O6S2/c1-14-19(25-20-6-15(10-27)2-3-16(20)4-5-36-25)9-23(38-14)24(33)21-11-29-13-30-26(21)31-18-7-17(22(32)8-18)12-37-39(28,34)35;1-32-5-4-13-2-3-15(26)7-17(13)22(32)18-9-21(38-24(18)27)23(34)19-10-29-12-30-25(19)31-16-6-14(20(33)8-16)11-37-39(28,35)36;26-17-4-3-14-2-1-5-35-24(19(14)8-17)16-7-22(37-12-16)23(32)20-10-28-13-29-25(20)30-18-6-15(21(31)9-18)11-36-38(27,33)34/h2-3,6,9,11,13,17-18,22,25,32H,4-5,7-8,12H2,1H3,(H2,28,34,35)(H,29,30,31);2-3,7,9-10,12,14,16,20,22,33H,4-6,8,11H2,1H3,(H2,28,35,36)(H,29,30,31);3-4,7-8,10,12-13,15,18,21,24,31H,1-2,5-6,9,11H2,(H2,27,33,34)(H,28,29,30)/t17-,18-,22+,25?;14-,16-,20+,22?;15-,18-,21+,24?/m111/s1. The Morgan fingerprint density at radius 2 is 1.01 bits per heavy atom. The first kappa shape index (κ1) is 86.0. The molecule has 0 bridgehead atoms. The molecule has 3 fully saturated rings. The number of ether oxygens (including phenoxy) is 2. The molecule has 0 saturated heterocycles. The number of thiophene rings is 3. The molecule has 12 atom stereocenters. The molecule has 40 heteroatoms. The molecule has 9 aromatic rings. The van der Waals surface area contributed by atoms with Gasteiger partial charge >= 0.3 is 30.9 Å². The number of anilines is 3. The highest BCUT2D eigenvalue weighted by Gasteiger charge is 2.40. The van der Waals surface area contributed by atoms with E-state index in [0.29, 0.717) is 109 Å². The van der Waals surface area contributed by atoms with Crippen LogP contribution in [0.15, 0.2) is 116 Å². The van der Waals surface area contributed by atoms with Crippen molar-refractivity contribution in [1.29, 1.82) is 5.26 Å². The maximum Gasteiger partial charge on any atom is 0.333 e. The van der Waals surface area contributed by atoms with E-state index in [4.69, 9.17) is 59.7 Å². The quantitative estimate of drug-likeness (QED) is 0.0255. The van der Waals surface area contributed by atoms with E-state index < -0.39 is 67.0 Å². The van der Waals surface area contributed by atoms with Gasteiger partial charge in [0, 0.05) is 88.1 Å². The predicted octanol–water partition coefficient (Wildman–Crippen LogP) is 9.05. The van der Waals surface area contributed by atoms with Gasteiger partial charge in [0.25, 0.3) is 0 Å². The Kier molecular flexibility index (Phi) is 27.6. The number of aromatic nitrogens is 6. The molecule has 6 aliphatic rings. The summed E-state index contributed by atoms with van der Waals surface area (Å²) in [6, 6.07) is 24.1. The van der Waals surface area contributed by atoms with Crippen molar-refractivity contribution in [2.24, 2.45) is 33.2 Å². The Morgan fingerprint density at radius 3 is 1.52 bits per heavy atom. The summed E-state index contributed by atoms with van der Waals surface area (Å²) in [6.07, 6.45) is 10.9. The SMILES string of the molecule is CN1CCc2ccc(Cl)cc2C1c1cc(C(=O)c2cncnc2N[C@@H]2C[C@H](COS(N)(=O)=O)[C@@H](O)C2)sc1Cl.Cc1sc(C(=O)c2cncnc2N[C@@H]2C[C@H](COS(N)(=O)=O)[C@@H](O)C2)cc1C1OCCc2ccc(C#N)cc21.NS(=O)(=O)OC[C@H]1C[C@@H](Nc2ncncc2C(=O)c2cc(C3OCCCc4ccc(Cl)cc43)cs2)C[C@@H]1O. The van der Waals surface area contributed by atoms with Gasteiger partial charge in [-0.3, -0.25) is 31.8 Å². The second-order valence-corrected chi connectivity index (χ2v) is 37.4. The van der Waals surface area contributed by atoms with E-state index in [1.807, 2.05) is 86.1 Å². The summed E-state index contributed by atoms with van der Waals surface area (Å²) in [5.41, 5.74) is 10.5. The van der Waals surface area contributed by atoms with Crippen molar-refractivity contribution in [3.63, 3.8) is 0 Å². The van der Waals surface area contributed by atoms with E-state index in [-0.39, 0.29) is 84.7 Å². The van der Waals surface area contributed by atoms with Crippen LogP contribution in [-0.4, -0.2) is 176 Å². The highest BCUT2D eigenvalue weighted by atomic mass is 35.5. The number of rotatable bonds is 24. The average molecular weight is 1760 g/mol. The van der Waals surface area contributed by atoms with Crippen LogP contribution in [0.2, 0.25) is 14.4 Å². The summed E-state index contributed by atoms with van der Waals surface area (Å²) >= 11 is 23.2. The zero-order valence-electron chi connectivity index (χ0n) is 62.2. The first-order chi connectivity index (χ1) is 55.3. The molecule has 0 amide bonds. The molecule has 0 spiro atoms. The minimum atomic E-state index is -4.11. The number of halogens is 3. The van der Waals surface area contributed by atoms with Crippen LogP contribution < -0.4 is 31.4 Å². The lowest BCUT2D eigenvalue weighted by molar-refractivity contribution is 0.0697. The van der Waals surface area contributed by atoms with Gasteiger partial charge in [-0.05, 0) is 183 Å². The first-order valence-corrected chi connectivity index (χ1v) is 44.8. The lowest BCUT2D eigenvalue weighted by Gasteiger charge is -2.34. The molecule has 3 saturated carbocycles. The molecule has 3 aromatic carbocycles. The number of aliphatic hydroxyl groups excluding tert-OH is 3. The van der Waals surface area contributed by atoms with Gasteiger partial charge in [-0.25, -0.2) is 45.3 Å². The zero-order chi connectivity index (χ0) is 82.5. The number of hydrogen-bond acceptors (Lipinski definition) is 31.